The lowest BCUT2D eigenvalue weighted by Gasteiger charge is -2.35. The second kappa shape index (κ2) is 11.1. The second-order valence-electron chi connectivity index (χ2n) is 10.3. The van der Waals surface area contributed by atoms with Gasteiger partial charge in [0.25, 0.3) is 0 Å². The number of ether oxygens (including phenoxy) is 2. The zero-order valence-electron chi connectivity index (χ0n) is 22.3. The number of benzene rings is 1. The molecule has 4 aromatic rings. The molecule has 0 bridgehead atoms. The van der Waals surface area contributed by atoms with Crippen LogP contribution in [0.2, 0.25) is 5.02 Å². The first-order chi connectivity index (χ1) is 20.0. The normalized spacial score (nSPS) is 19.1. The lowest BCUT2D eigenvalue weighted by molar-refractivity contribution is -0.139. The van der Waals surface area contributed by atoms with Gasteiger partial charge in [0.2, 0.25) is 5.88 Å². The molecule has 0 radical (unpaired) electrons. The minimum absolute atomic E-state index is 0.00136. The largest absolute Gasteiger partial charge is 0.477 e. The molecule has 6 rings (SSSR count). The van der Waals surface area contributed by atoms with E-state index in [0.29, 0.717) is 60.1 Å². The average Bonchev–Trinajstić information content (AvgIpc) is 3.45. The molecule has 0 spiro atoms. The Morgan fingerprint density at radius 2 is 2.05 bits per heavy atom. The smallest absolute Gasteiger partial charge is 0.421 e. The van der Waals surface area contributed by atoms with Crippen LogP contribution in [-0.4, -0.2) is 49.8 Å². The minimum atomic E-state index is -4.72. The SMILES string of the molecule is C[C@H]1c2nc(OCc3ccc(Cl)cc3F)c(C(F)(F)F)cc2CCN1Cc1nc2sc(C(=O)O)cc2n1C[C@@H]1CCO1. The number of halogens is 5. The van der Waals surface area contributed by atoms with Crippen molar-refractivity contribution in [2.75, 3.05) is 13.2 Å². The summed E-state index contributed by atoms with van der Waals surface area (Å²) in [5.74, 6) is -1.62. The van der Waals surface area contributed by atoms with E-state index in [-0.39, 0.29) is 27.6 Å². The molecule has 0 unspecified atom stereocenters. The van der Waals surface area contributed by atoms with E-state index in [1.807, 2.05) is 11.5 Å². The van der Waals surface area contributed by atoms with Crippen LogP contribution < -0.4 is 4.74 Å². The van der Waals surface area contributed by atoms with Gasteiger partial charge in [-0.1, -0.05) is 17.7 Å². The number of aromatic carboxylic acids is 1. The number of hydrogen-bond donors (Lipinski definition) is 1. The van der Waals surface area contributed by atoms with Crippen LogP contribution in [-0.2, 0) is 37.0 Å². The fourth-order valence-electron chi connectivity index (χ4n) is 5.26. The Kier molecular flexibility index (Phi) is 7.62. The molecule has 5 heterocycles. The number of carboxylic acids is 1. The summed E-state index contributed by atoms with van der Waals surface area (Å²) in [6.07, 6.45) is -3.50. The maximum atomic E-state index is 14.3. The van der Waals surface area contributed by atoms with Crippen LogP contribution >= 0.6 is 22.9 Å². The highest BCUT2D eigenvalue weighted by atomic mass is 35.5. The lowest BCUT2D eigenvalue weighted by atomic mass is 9.97. The lowest BCUT2D eigenvalue weighted by Crippen LogP contribution is -2.36. The van der Waals surface area contributed by atoms with Gasteiger partial charge in [-0.25, -0.2) is 19.2 Å². The zero-order valence-corrected chi connectivity index (χ0v) is 23.8. The van der Waals surface area contributed by atoms with E-state index in [1.165, 1.54) is 12.1 Å². The number of imidazole rings is 1. The number of carbonyl (C=O) groups is 1. The van der Waals surface area contributed by atoms with Gasteiger partial charge in [0, 0.05) is 23.7 Å². The molecular weight excluding hydrogens is 600 g/mol. The molecule has 0 saturated carbocycles. The standard InChI is InChI=1S/C28H25ClF4N4O4S/c1-14-24-15(8-19(28(31,32)33)25(35-24)41-13-16-2-3-17(29)9-20(16)30)4-6-36(14)12-23-34-26-21(10-22(42-26)27(38)39)37(23)11-18-5-7-40-18/h2-3,8-10,14,18H,4-7,11-13H2,1H3,(H,38,39)/t14-,18-/m0/s1. The summed E-state index contributed by atoms with van der Waals surface area (Å²) >= 11 is 6.88. The number of pyridine rings is 1. The Balaban J connectivity index is 1.29. The summed E-state index contributed by atoms with van der Waals surface area (Å²) in [6, 6.07) is 6.15. The van der Waals surface area contributed by atoms with E-state index in [2.05, 4.69) is 9.88 Å². The predicted octanol–water partition coefficient (Wildman–Crippen LogP) is 6.49. The van der Waals surface area contributed by atoms with Gasteiger partial charge in [-0.15, -0.1) is 11.3 Å². The second-order valence-corrected chi connectivity index (χ2v) is 11.8. The molecule has 1 aromatic carbocycles. The Morgan fingerprint density at radius 1 is 1.26 bits per heavy atom. The topological polar surface area (TPSA) is 89.7 Å². The molecule has 1 fully saturated rings. The first kappa shape index (κ1) is 28.8. The molecule has 8 nitrogen and oxygen atoms in total. The maximum absolute atomic E-state index is 14.3. The molecule has 2 aliphatic rings. The van der Waals surface area contributed by atoms with Crippen LogP contribution in [0.15, 0.2) is 30.3 Å². The summed E-state index contributed by atoms with van der Waals surface area (Å²) in [5, 5.41) is 9.60. The molecule has 14 heteroatoms. The first-order valence-corrected chi connectivity index (χ1v) is 14.4. The number of fused-ring (bicyclic) bond motifs is 2. The minimum Gasteiger partial charge on any atom is -0.477 e. The number of thiophene rings is 1. The molecule has 0 aliphatic carbocycles. The van der Waals surface area contributed by atoms with Crippen molar-refractivity contribution in [1.29, 1.82) is 0 Å². The van der Waals surface area contributed by atoms with Gasteiger partial charge < -0.3 is 19.1 Å². The van der Waals surface area contributed by atoms with Crippen molar-refractivity contribution in [2.24, 2.45) is 0 Å². The van der Waals surface area contributed by atoms with Crippen molar-refractivity contribution >= 4 is 39.3 Å². The highest BCUT2D eigenvalue weighted by Crippen LogP contribution is 2.40. The fraction of sp³-hybridized carbons (Fsp3) is 0.393. The van der Waals surface area contributed by atoms with Crippen molar-refractivity contribution in [2.45, 2.75) is 57.8 Å². The number of carboxylic acid groups (broad SMARTS) is 1. The Labute approximate surface area is 246 Å². The highest BCUT2D eigenvalue weighted by molar-refractivity contribution is 7.20. The monoisotopic (exact) mass is 624 g/mol. The van der Waals surface area contributed by atoms with Crippen LogP contribution in [0.5, 0.6) is 5.88 Å². The van der Waals surface area contributed by atoms with E-state index < -0.39 is 36.0 Å². The third-order valence-electron chi connectivity index (χ3n) is 7.66. The molecule has 1 N–H and O–H groups in total. The summed E-state index contributed by atoms with van der Waals surface area (Å²) in [5.41, 5.74) is 0.661. The third kappa shape index (κ3) is 5.58. The number of hydrogen-bond acceptors (Lipinski definition) is 7. The van der Waals surface area contributed by atoms with Gasteiger partial charge in [-0.05, 0) is 49.6 Å². The van der Waals surface area contributed by atoms with Crippen LogP contribution in [0.4, 0.5) is 17.6 Å². The number of nitrogens with zero attached hydrogens (tertiary/aromatic N) is 4. The van der Waals surface area contributed by atoms with Crippen LogP contribution in [0, 0.1) is 5.82 Å². The molecule has 2 atom stereocenters. The van der Waals surface area contributed by atoms with Crippen LogP contribution in [0.25, 0.3) is 10.3 Å². The van der Waals surface area contributed by atoms with Crippen LogP contribution in [0.1, 0.15) is 57.3 Å². The molecule has 2 aliphatic heterocycles. The number of rotatable bonds is 8. The van der Waals surface area contributed by atoms with Crippen molar-refractivity contribution in [3.8, 4) is 5.88 Å². The molecular formula is C28H25ClF4N4O4S. The van der Waals surface area contributed by atoms with Crippen LogP contribution in [0.3, 0.4) is 0 Å². The summed E-state index contributed by atoms with van der Waals surface area (Å²) in [7, 11) is 0. The summed E-state index contributed by atoms with van der Waals surface area (Å²) in [6.45, 7) is 3.42. The van der Waals surface area contributed by atoms with Crippen molar-refractivity contribution in [3.05, 3.63) is 74.3 Å². The third-order valence-corrected chi connectivity index (χ3v) is 8.90. The van der Waals surface area contributed by atoms with Gasteiger partial charge in [0.05, 0.1) is 36.4 Å². The Hall–Kier alpha value is -3.26. The Morgan fingerprint density at radius 3 is 2.71 bits per heavy atom. The maximum Gasteiger partial charge on any atom is 0.421 e. The van der Waals surface area contributed by atoms with Gasteiger partial charge in [-0.2, -0.15) is 13.2 Å². The van der Waals surface area contributed by atoms with Crippen molar-refractivity contribution in [3.63, 3.8) is 0 Å². The van der Waals surface area contributed by atoms with Gasteiger partial charge in [0.1, 0.15) is 33.5 Å². The van der Waals surface area contributed by atoms with Crippen molar-refractivity contribution in [1.82, 2.24) is 19.4 Å². The fourth-order valence-corrected chi connectivity index (χ4v) is 6.31. The van der Waals surface area contributed by atoms with Gasteiger partial charge in [0.15, 0.2) is 0 Å². The van der Waals surface area contributed by atoms with E-state index in [9.17, 15) is 27.5 Å². The van der Waals surface area contributed by atoms with E-state index >= 15 is 0 Å². The molecule has 1 saturated heterocycles. The average molecular weight is 625 g/mol. The zero-order chi connectivity index (χ0) is 29.8. The van der Waals surface area contributed by atoms with E-state index in [4.69, 9.17) is 26.1 Å². The number of alkyl halides is 3. The van der Waals surface area contributed by atoms with E-state index in [0.717, 1.165) is 29.9 Å². The first-order valence-electron chi connectivity index (χ1n) is 13.2. The van der Waals surface area contributed by atoms with Gasteiger partial charge >= 0.3 is 12.1 Å². The highest BCUT2D eigenvalue weighted by Gasteiger charge is 2.38. The number of aromatic nitrogens is 3. The molecule has 42 heavy (non-hydrogen) atoms. The molecule has 0 amide bonds. The van der Waals surface area contributed by atoms with Gasteiger partial charge in [-0.3, -0.25) is 4.90 Å². The molecule has 3 aromatic heterocycles. The summed E-state index contributed by atoms with van der Waals surface area (Å²) < 4.78 is 69.3. The quantitative estimate of drug-likeness (QED) is 0.224. The predicted molar refractivity (Wildman–Crippen MR) is 146 cm³/mol. The summed E-state index contributed by atoms with van der Waals surface area (Å²) in [4.78, 5) is 23.5. The van der Waals surface area contributed by atoms with E-state index in [1.54, 1.807) is 6.07 Å². The Bertz CT molecular complexity index is 1670. The molecule has 222 valence electrons. The van der Waals surface area contributed by atoms with Crippen molar-refractivity contribution < 1.29 is 36.9 Å².